The number of allylic oxidation sites excluding steroid dienone is 2. The van der Waals surface area contributed by atoms with Crippen molar-refractivity contribution >= 4 is 11.9 Å². The molecule has 2 atom stereocenters. The van der Waals surface area contributed by atoms with E-state index < -0.39 is 17.6 Å². The van der Waals surface area contributed by atoms with Gasteiger partial charge in [0.05, 0.1) is 25.3 Å². The zero-order valence-corrected chi connectivity index (χ0v) is 17.6. The maximum Gasteiger partial charge on any atom is 0.373 e. The smallest absolute Gasteiger partial charge is 0.373 e. The molecule has 4 rings (SSSR count). The number of ether oxygens (including phenoxy) is 1. The molecule has 164 valence electrons. The van der Waals surface area contributed by atoms with Gasteiger partial charge in [-0.15, -0.1) is 0 Å². The molecule has 1 amide bonds. The van der Waals surface area contributed by atoms with Crippen LogP contribution in [0.4, 0.5) is 0 Å². The first-order valence-electron chi connectivity index (χ1n) is 10.6. The average molecular weight is 424 g/mol. The Labute approximate surface area is 181 Å². The van der Waals surface area contributed by atoms with Gasteiger partial charge in [0, 0.05) is 19.0 Å². The monoisotopic (exact) mass is 424 g/mol. The summed E-state index contributed by atoms with van der Waals surface area (Å²) in [5, 5.41) is 14.5. The molecule has 1 saturated heterocycles. The van der Waals surface area contributed by atoms with Crippen LogP contribution >= 0.6 is 0 Å². The predicted octanol–water partition coefficient (Wildman–Crippen LogP) is 2.61. The van der Waals surface area contributed by atoms with E-state index in [1.165, 1.54) is 7.11 Å². The highest BCUT2D eigenvalue weighted by Crippen LogP contribution is 2.35. The standard InChI is InChI=1S/C24H28N2O5/c1-30-23(29)20-12-11-19(31-20)15-26-14-13-24(21(27)16-26,18-9-3-2-4-10-18)25-22(28)17-7-5-6-8-17/h2-6,9-12,17,21,27H,7-8,13-16H2,1H3,(H,25,28)/t21-,24+/m1/s1. The topological polar surface area (TPSA) is 92.0 Å². The number of nitrogens with one attached hydrogen (secondary N) is 1. The summed E-state index contributed by atoms with van der Waals surface area (Å²) < 4.78 is 10.2. The number of carbonyl (C=O) groups is 2. The summed E-state index contributed by atoms with van der Waals surface area (Å²) in [5.74, 6) is 0.171. The van der Waals surface area contributed by atoms with Gasteiger partial charge in [0.1, 0.15) is 5.76 Å². The molecule has 31 heavy (non-hydrogen) atoms. The van der Waals surface area contributed by atoms with E-state index in [9.17, 15) is 14.7 Å². The fraction of sp³-hybridized carbons (Fsp3) is 0.417. The molecule has 2 aromatic rings. The minimum Gasteiger partial charge on any atom is -0.463 e. The number of furan rings is 1. The van der Waals surface area contributed by atoms with E-state index in [1.807, 2.05) is 42.5 Å². The molecule has 0 radical (unpaired) electrons. The number of β-amino-alcohol motifs (C(OH)–C–C–N with tert-alkyl or cyclic N) is 1. The second-order valence-corrected chi connectivity index (χ2v) is 8.22. The van der Waals surface area contributed by atoms with Gasteiger partial charge in [0.25, 0.3) is 0 Å². The first-order valence-corrected chi connectivity index (χ1v) is 10.6. The van der Waals surface area contributed by atoms with Crippen molar-refractivity contribution in [3.05, 3.63) is 71.7 Å². The molecule has 0 unspecified atom stereocenters. The number of amides is 1. The molecule has 0 spiro atoms. The number of aliphatic hydroxyl groups is 1. The van der Waals surface area contributed by atoms with Crippen molar-refractivity contribution in [3.63, 3.8) is 0 Å². The second kappa shape index (κ2) is 9.08. The molecule has 1 aromatic heterocycles. The number of carbonyl (C=O) groups excluding carboxylic acids is 2. The van der Waals surface area contributed by atoms with Crippen molar-refractivity contribution in [1.82, 2.24) is 10.2 Å². The lowest BCUT2D eigenvalue weighted by atomic mass is 9.78. The molecule has 7 heteroatoms. The maximum atomic E-state index is 13.0. The Bertz CT molecular complexity index is 946. The lowest BCUT2D eigenvalue weighted by molar-refractivity contribution is -0.130. The Morgan fingerprint density at radius 3 is 2.61 bits per heavy atom. The fourth-order valence-corrected chi connectivity index (χ4v) is 4.47. The molecular formula is C24H28N2O5. The van der Waals surface area contributed by atoms with E-state index in [-0.39, 0.29) is 17.6 Å². The first-order chi connectivity index (χ1) is 15.0. The highest BCUT2D eigenvalue weighted by molar-refractivity contribution is 5.86. The molecule has 2 aliphatic rings. The average Bonchev–Trinajstić information content (AvgIpc) is 3.48. The van der Waals surface area contributed by atoms with Gasteiger partial charge in [0.15, 0.2) is 0 Å². The van der Waals surface area contributed by atoms with Crippen LogP contribution in [0.5, 0.6) is 0 Å². The molecule has 1 fully saturated rings. The largest absolute Gasteiger partial charge is 0.463 e. The summed E-state index contributed by atoms with van der Waals surface area (Å²) in [6.07, 6.45) is 5.31. The van der Waals surface area contributed by atoms with E-state index in [0.29, 0.717) is 31.8 Å². The van der Waals surface area contributed by atoms with Gasteiger partial charge in [-0.3, -0.25) is 9.69 Å². The Hall–Kier alpha value is -2.90. The number of likely N-dealkylation sites (tertiary alicyclic amines) is 1. The summed E-state index contributed by atoms with van der Waals surface area (Å²) in [6.45, 7) is 1.48. The third kappa shape index (κ3) is 4.43. The molecule has 0 bridgehead atoms. The first kappa shape index (κ1) is 21.3. The van der Waals surface area contributed by atoms with E-state index in [1.54, 1.807) is 12.1 Å². The zero-order chi connectivity index (χ0) is 21.8. The fourth-order valence-electron chi connectivity index (χ4n) is 4.47. The summed E-state index contributed by atoms with van der Waals surface area (Å²) in [6, 6.07) is 13.0. The highest BCUT2D eigenvalue weighted by Gasteiger charge is 2.45. The number of hydrogen-bond donors (Lipinski definition) is 2. The number of rotatable bonds is 6. The molecule has 1 aromatic carbocycles. The lowest BCUT2D eigenvalue weighted by Gasteiger charge is -2.46. The summed E-state index contributed by atoms with van der Waals surface area (Å²) in [5.41, 5.74) is 0.0741. The van der Waals surface area contributed by atoms with Crippen LogP contribution in [0.3, 0.4) is 0 Å². The van der Waals surface area contributed by atoms with Crippen LogP contribution in [-0.2, 0) is 21.6 Å². The van der Waals surface area contributed by atoms with E-state index in [2.05, 4.69) is 15.0 Å². The quantitative estimate of drug-likeness (QED) is 0.547. The third-order valence-corrected chi connectivity index (χ3v) is 6.26. The van der Waals surface area contributed by atoms with Gasteiger partial charge in [-0.05, 0) is 37.0 Å². The normalized spacial score (nSPS) is 24.3. The van der Waals surface area contributed by atoms with Gasteiger partial charge in [-0.2, -0.15) is 0 Å². The summed E-state index contributed by atoms with van der Waals surface area (Å²) in [4.78, 5) is 26.6. The molecule has 2 N–H and O–H groups in total. The number of methoxy groups -OCH3 is 1. The Kier molecular flexibility index (Phi) is 6.25. The Balaban J connectivity index is 1.49. The molecule has 1 aliphatic heterocycles. The molecule has 1 aliphatic carbocycles. The van der Waals surface area contributed by atoms with Crippen molar-refractivity contribution < 1.29 is 23.8 Å². The second-order valence-electron chi connectivity index (χ2n) is 8.22. The van der Waals surface area contributed by atoms with Crippen molar-refractivity contribution in [1.29, 1.82) is 0 Å². The molecular weight excluding hydrogens is 396 g/mol. The van der Waals surface area contributed by atoms with Crippen LogP contribution in [0.25, 0.3) is 0 Å². The maximum absolute atomic E-state index is 13.0. The van der Waals surface area contributed by atoms with Crippen LogP contribution in [-0.4, -0.2) is 48.2 Å². The Morgan fingerprint density at radius 1 is 1.19 bits per heavy atom. The van der Waals surface area contributed by atoms with Crippen molar-refractivity contribution in [3.8, 4) is 0 Å². The number of esters is 1. The van der Waals surface area contributed by atoms with Gasteiger partial charge >= 0.3 is 5.97 Å². The van der Waals surface area contributed by atoms with Gasteiger partial charge < -0.3 is 19.6 Å². The number of benzene rings is 1. The van der Waals surface area contributed by atoms with Crippen molar-refractivity contribution in [2.24, 2.45) is 5.92 Å². The van der Waals surface area contributed by atoms with Crippen LogP contribution in [0.15, 0.2) is 59.0 Å². The van der Waals surface area contributed by atoms with Gasteiger partial charge in [-0.1, -0.05) is 42.5 Å². The summed E-state index contributed by atoms with van der Waals surface area (Å²) >= 11 is 0. The van der Waals surface area contributed by atoms with Crippen LogP contribution in [0.2, 0.25) is 0 Å². The van der Waals surface area contributed by atoms with E-state index in [4.69, 9.17) is 4.42 Å². The van der Waals surface area contributed by atoms with Crippen LogP contribution in [0, 0.1) is 5.92 Å². The highest BCUT2D eigenvalue weighted by atomic mass is 16.5. The van der Waals surface area contributed by atoms with Gasteiger partial charge in [0.2, 0.25) is 11.7 Å². The number of hydrogen-bond acceptors (Lipinski definition) is 6. The molecule has 2 heterocycles. The molecule has 7 nitrogen and oxygen atoms in total. The Morgan fingerprint density at radius 2 is 1.94 bits per heavy atom. The van der Waals surface area contributed by atoms with Crippen LogP contribution in [0.1, 0.15) is 41.1 Å². The predicted molar refractivity (Wildman–Crippen MR) is 114 cm³/mol. The van der Waals surface area contributed by atoms with Crippen molar-refractivity contribution in [2.45, 2.75) is 37.5 Å². The molecule has 0 saturated carbocycles. The number of piperidine rings is 1. The van der Waals surface area contributed by atoms with E-state index in [0.717, 1.165) is 18.4 Å². The SMILES string of the molecule is COC(=O)c1ccc(CN2CC[C@](NC(=O)C3CC=CC3)(c3ccccc3)[C@H](O)C2)o1. The minimum atomic E-state index is -0.836. The number of aliphatic hydroxyl groups excluding tert-OH is 1. The van der Waals surface area contributed by atoms with Crippen molar-refractivity contribution in [2.75, 3.05) is 20.2 Å². The van der Waals surface area contributed by atoms with E-state index >= 15 is 0 Å². The van der Waals surface area contributed by atoms with Crippen LogP contribution < -0.4 is 5.32 Å². The number of nitrogens with zero attached hydrogens (tertiary/aromatic N) is 1. The lowest BCUT2D eigenvalue weighted by Crippen LogP contribution is -2.62. The summed E-state index contributed by atoms with van der Waals surface area (Å²) in [7, 11) is 1.31. The zero-order valence-electron chi connectivity index (χ0n) is 17.6. The minimum absolute atomic E-state index is 0.0184. The van der Waals surface area contributed by atoms with Gasteiger partial charge in [-0.25, -0.2) is 4.79 Å². The third-order valence-electron chi connectivity index (χ3n) is 6.26.